The molecule has 1 saturated heterocycles. The van der Waals surface area contributed by atoms with Crippen LogP contribution in [0, 0.1) is 18.6 Å². The van der Waals surface area contributed by atoms with E-state index >= 15 is 0 Å². The zero-order valence-corrected chi connectivity index (χ0v) is 16.3. The van der Waals surface area contributed by atoms with Gasteiger partial charge in [0.05, 0.1) is 30.2 Å². The van der Waals surface area contributed by atoms with E-state index in [-0.39, 0.29) is 16.8 Å². The molecule has 0 aliphatic carbocycles. The van der Waals surface area contributed by atoms with Gasteiger partial charge in [0.25, 0.3) is 5.91 Å². The minimum atomic E-state index is -0.813. The van der Waals surface area contributed by atoms with Crippen LogP contribution >= 0.6 is 0 Å². The van der Waals surface area contributed by atoms with E-state index in [9.17, 15) is 13.6 Å². The summed E-state index contributed by atoms with van der Waals surface area (Å²) in [5.41, 5.74) is 2.29. The van der Waals surface area contributed by atoms with Crippen molar-refractivity contribution in [2.75, 3.05) is 33.4 Å². The lowest BCUT2D eigenvalue weighted by atomic mass is 10.0. The smallest absolute Gasteiger partial charge is 0.251 e. The normalized spacial score (nSPS) is 15.0. The number of imidazole rings is 1. The van der Waals surface area contributed by atoms with Gasteiger partial charge in [-0.3, -0.25) is 9.69 Å². The number of morpholine rings is 1. The van der Waals surface area contributed by atoms with E-state index in [0.29, 0.717) is 31.1 Å². The number of carbonyl (C=O) groups is 1. The van der Waals surface area contributed by atoms with Crippen molar-refractivity contribution in [1.82, 2.24) is 19.6 Å². The zero-order chi connectivity index (χ0) is 20.5. The summed E-state index contributed by atoms with van der Waals surface area (Å²) in [6.45, 7) is 5.13. The summed E-state index contributed by atoms with van der Waals surface area (Å²) in [4.78, 5) is 18.5. The number of nitrogens with one attached hydrogen (secondary N) is 1. The van der Waals surface area contributed by atoms with Gasteiger partial charge in [-0.1, -0.05) is 0 Å². The van der Waals surface area contributed by atoms with Crippen LogP contribution in [0.4, 0.5) is 8.78 Å². The first-order valence-corrected chi connectivity index (χ1v) is 9.47. The maximum absolute atomic E-state index is 15.0. The van der Waals surface area contributed by atoms with E-state index in [1.54, 1.807) is 0 Å². The van der Waals surface area contributed by atoms with Gasteiger partial charge in [-0.2, -0.15) is 0 Å². The highest BCUT2D eigenvalue weighted by atomic mass is 19.1. The highest BCUT2D eigenvalue weighted by Gasteiger charge is 2.24. The first-order chi connectivity index (χ1) is 14.0. The van der Waals surface area contributed by atoms with Crippen LogP contribution in [0.5, 0.6) is 0 Å². The zero-order valence-electron chi connectivity index (χ0n) is 16.3. The lowest BCUT2D eigenvalue weighted by Crippen LogP contribution is -2.36. The molecule has 3 heterocycles. The lowest BCUT2D eigenvalue weighted by Gasteiger charge is -2.26. The molecule has 6 nitrogen and oxygen atoms in total. The highest BCUT2D eigenvalue weighted by molar-refractivity contribution is 5.94. The largest absolute Gasteiger partial charge is 0.379 e. The number of nitrogens with zero attached hydrogens (tertiary/aromatic N) is 3. The lowest BCUT2D eigenvalue weighted by molar-refractivity contribution is 0.0336. The van der Waals surface area contributed by atoms with Crippen molar-refractivity contribution in [3.8, 4) is 11.3 Å². The minimum Gasteiger partial charge on any atom is -0.379 e. The number of aromatic nitrogens is 2. The fraction of sp³-hybridized carbons (Fsp3) is 0.333. The topological polar surface area (TPSA) is 58.9 Å². The summed E-state index contributed by atoms with van der Waals surface area (Å²) in [5.74, 6) is -2.17. The monoisotopic (exact) mass is 400 g/mol. The summed E-state index contributed by atoms with van der Waals surface area (Å²) in [6.07, 6.45) is 1.87. The summed E-state index contributed by atoms with van der Waals surface area (Å²) >= 11 is 0. The SMILES string of the molecule is CNC(=O)c1cc(F)c(-c2nc3cc(C)ccn3c2CN2CCOCC2)c(F)c1. The van der Waals surface area contributed by atoms with Crippen LogP contribution < -0.4 is 5.32 Å². The molecular weight excluding hydrogens is 378 g/mol. The number of halogens is 2. The number of amides is 1. The molecule has 0 spiro atoms. The van der Waals surface area contributed by atoms with Crippen molar-refractivity contribution in [1.29, 1.82) is 0 Å². The van der Waals surface area contributed by atoms with Crippen molar-refractivity contribution in [2.24, 2.45) is 0 Å². The van der Waals surface area contributed by atoms with Crippen LogP contribution in [0.3, 0.4) is 0 Å². The Balaban J connectivity index is 1.86. The number of fused-ring (bicyclic) bond motifs is 1. The molecule has 29 heavy (non-hydrogen) atoms. The summed E-state index contributed by atoms with van der Waals surface area (Å²) in [7, 11) is 1.41. The standard InChI is InChI=1S/C21H22F2N4O2/c1-13-3-4-27-17(12-26-5-7-29-8-6-26)20(25-18(27)9-13)19-15(22)10-14(11-16(19)23)21(28)24-2/h3-4,9-11H,5-8,12H2,1-2H3,(H,24,28). The van der Waals surface area contributed by atoms with Crippen LogP contribution in [0.25, 0.3) is 16.9 Å². The third-order valence-electron chi connectivity index (χ3n) is 5.13. The Labute approximate surface area is 167 Å². The predicted molar refractivity (Wildman–Crippen MR) is 105 cm³/mol. The number of hydrogen-bond acceptors (Lipinski definition) is 4. The summed E-state index contributed by atoms with van der Waals surface area (Å²) < 4.78 is 37.2. The van der Waals surface area contributed by atoms with Gasteiger partial charge < -0.3 is 14.5 Å². The van der Waals surface area contributed by atoms with Gasteiger partial charge >= 0.3 is 0 Å². The molecule has 4 rings (SSSR count). The molecule has 0 saturated carbocycles. The Morgan fingerprint density at radius 3 is 2.55 bits per heavy atom. The molecule has 0 bridgehead atoms. The van der Waals surface area contributed by atoms with Crippen molar-refractivity contribution in [3.05, 3.63) is 58.9 Å². The van der Waals surface area contributed by atoms with Gasteiger partial charge in [-0.05, 0) is 36.8 Å². The molecule has 1 aromatic carbocycles. The molecule has 1 aliphatic heterocycles. The van der Waals surface area contributed by atoms with Gasteiger partial charge in [-0.15, -0.1) is 0 Å². The predicted octanol–water partition coefficient (Wildman–Crippen LogP) is 2.78. The number of benzene rings is 1. The van der Waals surface area contributed by atoms with E-state index in [1.807, 2.05) is 29.7 Å². The Morgan fingerprint density at radius 2 is 1.90 bits per heavy atom. The van der Waals surface area contributed by atoms with Crippen LogP contribution in [0.2, 0.25) is 0 Å². The van der Waals surface area contributed by atoms with Crippen molar-refractivity contribution >= 4 is 11.6 Å². The second-order valence-corrected chi connectivity index (χ2v) is 7.12. The quantitative estimate of drug-likeness (QED) is 0.732. The molecular formula is C21H22F2N4O2. The number of carbonyl (C=O) groups excluding carboxylic acids is 1. The fourth-order valence-electron chi connectivity index (χ4n) is 3.59. The maximum atomic E-state index is 15.0. The Hall–Kier alpha value is -2.84. The highest BCUT2D eigenvalue weighted by Crippen LogP contribution is 2.31. The van der Waals surface area contributed by atoms with Gasteiger partial charge in [0.15, 0.2) is 0 Å². The van der Waals surface area contributed by atoms with Crippen LogP contribution in [0.15, 0.2) is 30.5 Å². The molecule has 0 atom stereocenters. The number of aryl methyl sites for hydroxylation is 1. The van der Waals surface area contributed by atoms with E-state index in [0.717, 1.165) is 30.8 Å². The van der Waals surface area contributed by atoms with E-state index in [2.05, 4.69) is 15.2 Å². The number of rotatable bonds is 4. The van der Waals surface area contributed by atoms with E-state index in [1.165, 1.54) is 7.05 Å². The second kappa shape index (κ2) is 7.88. The average Bonchev–Trinajstić information content (AvgIpc) is 3.04. The fourth-order valence-corrected chi connectivity index (χ4v) is 3.59. The molecule has 1 fully saturated rings. The third-order valence-corrected chi connectivity index (χ3v) is 5.13. The Morgan fingerprint density at radius 1 is 1.21 bits per heavy atom. The van der Waals surface area contributed by atoms with Crippen molar-refractivity contribution in [2.45, 2.75) is 13.5 Å². The molecule has 0 radical (unpaired) electrons. The van der Waals surface area contributed by atoms with Crippen LogP contribution in [-0.4, -0.2) is 53.5 Å². The molecule has 1 N–H and O–H groups in total. The van der Waals surface area contributed by atoms with Gasteiger partial charge in [-0.25, -0.2) is 13.8 Å². The third kappa shape index (κ3) is 3.73. The molecule has 3 aromatic rings. The Bertz CT molecular complexity index is 1050. The van der Waals surface area contributed by atoms with Gasteiger partial charge in [0.1, 0.15) is 17.3 Å². The summed E-state index contributed by atoms with van der Waals surface area (Å²) in [5, 5.41) is 2.38. The molecule has 152 valence electrons. The van der Waals surface area contributed by atoms with Gasteiger partial charge in [0.2, 0.25) is 0 Å². The second-order valence-electron chi connectivity index (χ2n) is 7.12. The van der Waals surface area contributed by atoms with Gasteiger partial charge in [0, 0.05) is 38.4 Å². The van der Waals surface area contributed by atoms with Crippen molar-refractivity contribution in [3.63, 3.8) is 0 Å². The van der Waals surface area contributed by atoms with E-state index < -0.39 is 17.5 Å². The van der Waals surface area contributed by atoms with E-state index in [4.69, 9.17) is 4.74 Å². The number of pyridine rings is 1. The first-order valence-electron chi connectivity index (χ1n) is 9.47. The molecule has 1 aliphatic rings. The first kappa shape index (κ1) is 19.5. The molecule has 1 amide bonds. The van der Waals surface area contributed by atoms with Crippen LogP contribution in [0.1, 0.15) is 21.6 Å². The molecule has 8 heteroatoms. The minimum absolute atomic E-state index is 0.0689. The average molecular weight is 400 g/mol. The Kier molecular flexibility index (Phi) is 5.29. The summed E-state index contributed by atoms with van der Waals surface area (Å²) in [6, 6.07) is 5.90. The molecule has 2 aromatic heterocycles. The van der Waals surface area contributed by atoms with Crippen LogP contribution in [-0.2, 0) is 11.3 Å². The number of ether oxygens (including phenoxy) is 1. The maximum Gasteiger partial charge on any atom is 0.251 e. The molecule has 0 unspecified atom stereocenters. The number of hydrogen-bond donors (Lipinski definition) is 1. The van der Waals surface area contributed by atoms with Crippen molar-refractivity contribution < 1.29 is 18.3 Å².